The number of amides is 2. The van der Waals surface area contributed by atoms with Crippen molar-refractivity contribution in [3.8, 4) is 0 Å². The molecule has 1 aliphatic carbocycles. The first kappa shape index (κ1) is 15.6. The van der Waals surface area contributed by atoms with Gasteiger partial charge in [0.05, 0.1) is 0 Å². The molecule has 2 fully saturated rings. The second-order valence-electron chi connectivity index (χ2n) is 6.76. The quantitative estimate of drug-likeness (QED) is 0.832. The largest absolute Gasteiger partial charge is 0.337 e. The minimum Gasteiger partial charge on any atom is -0.337 e. The van der Waals surface area contributed by atoms with Crippen molar-refractivity contribution in [1.29, 1.82) is 0 Å². The Balaban J connectivity index is 1.62. The Morgan fingerprint density at radius 2 is 1.80 bits per heavy atom. The molecule has 1 heterocycles. The fraction of sp³-hybridized carbons (Fsp3) is 0.938. The lowest BCUT2D eigenvalue weighted by atomic mass is 9.96. The lowest BCUT2D eigenvalue weighted by Crippen LogP contribution is -2.49. The van der Waals surface area contributed by atoms with Crippen molar-refractivity contribution in [2.45, 2.75) is 70.9 Å². The molecule has 2 N–H and O–H groups in total. The van der Waals surface area contributed by atoms with E-state index in [0.717, 1.165) is 25.3 Å². The number of rotatable bonds is 4. The number of urea groups is 1. The summed E-state index contributed by atoms with van der Waals surface area (Å²) in [5.74, 6) is 0.862. The maximum Gasteiger partial charge on any atom is 0.315 e. The summed E-state index contributed by atoms with van der Waals surface area (Å²) >= 11 is 0. The highest BCUT2D eigenvalue weighted by Gasteiger charge is 2.21. The van der Waals surface area contributed by atoms with Crippen molar-refractivity contribution in [3.05, 3.63) is 0 Å². The second-order valence-corrected chi connectivity index (χ2v) is 6.76. The molecule has 2 aliphatic rings. The molecule has 116 valence electrons. The van der Waals surface area contributed by atoms with Gasteiger partial charge in [-0.15, -0.1) is 0 Å². The summed E-state index contributed by atoms with van der Waals surface area (Å²) in [4.78, 5) is 14.4. The van der Waals surface area contributed by atoms with Gasteiger partial charge in [0.2, 0.25) is 0 Å². The molecule has 4 heteroatoms. The van der Waals surface area contributed by atoms with Crippen molar-refractivity contribution >= 4 is 6.03 Å². The van der Waals surface area contributed by atoms with E-state index < -0.39 is 0 Å². The van der Waals surface area contributed by atoms with E-state index in [9.17, 15) is 4.79 Å². The Morgan fingerprint density at radius 1 is 1.15 bits per heavy atom. The molecule has 1 saturated carbocycles. The van der Waals surface area contributed by atoms with Crippen molar-refractivity contribution in [2.75, 3.05) is 19.6 Å². The zero-order chi connectivity index (χ0) is 14.4. The van der Waals surface area contributed by atoms with Crippen LogP contribution in [0.15, 0.2) is 0 Å². The molecule has 0 aromatic rings. The lowest BCUT2D eigenvalue weighted by Gasteiger charge is -2.35. The maximum atomic E-state index is 11.9. The monoisotopic (exact) mass is 281 g/mol. The van der Waals surface area contributed by atoms with Crippen LogP contribution in [0, 0.1) is 5.92 Å². The minimum atomic E-state index is 0.0223. The smallest absolute Gasteiger partial charge is 0.315 e. The first-order valence-corrected chi connectivity index (χ1v) is 8.43. The molecule has 1 saturated heterocycles. The van der Waals surface area contributed by atoms with Crippen LogP contribution in [0.2, 0.25) is 0 Å². The molecular formula is C16H31N3O. The Morgan fingerprint density at radius 3 is 2.45 bits per heavy atom. The number of piperidine rings is 1. The van der Waals surface area contributed by atoms with Crippen LogP contribution in [-0.2, 0) is 0 Å². The summed E-state index contributed by atoms with van der Waals surface area (Å²) in [7, 11) is 0. The third-order valence-electron chi connectivity index (χ3n) is 4.94. The molecule has 0 aromatic heterocycles. The predicted octanol–water partition coefficient (Wildman–Crippen LogP) is 2.74. The van der Waals surface area contributed by atoms with E-state index in [1.807, 2.05) is 0 Å². The Kier molecular flexibility index (Phi) is 6.14. The molecule has 4 nitrogen and oxygen atoms in total. The molecule has 1 atom stereocenters. The van der Waals surface area contributed by atoms with Crippen molar-refractivity contribution in [3.63, 3.8) is 0 Å². The summed E-state index contributed by atoms with van der Waals surface area (Å²) in [5.41, 5.74) is 0. The van der Waals surface area contributed by atoms with Crippen LogP contribution in [0.3, 0.4) is 0 Å². The average molecular weight is 281 g/mol. The van der Waals surface area contributed by atoms with Gasteiger partial charge in [-0.3, -0.25) is 4.90 Å². The van der Waals surface area contributed by atoms with Crippen molar-refractivity contribution in [1.82, 2.24) is 15.5 Å². The fourth-order valence-electron chi connectivity index (χ4n) is 3.32. The minimum absolute atomic E-state index is 0.0223. The van der Waals surface area contributed by atoms with Gasteiger partial charge in [-0.25, -0.2) is 4.79 Å². The van der Waals surface area contributed by atoms with Gasteiger partial charge >= 0.3 is 6.03 Å². The van der Waals surface area contributed by atoms with E-state index in [1.165, 1.54) is 45.2 Å². The highest BCUT2D eigenvalue weighted by Crippen LogP contribution is 2.18. The van der Waals surface area contributed by atoms with Crippen LogP contribution in [0.25, 0.3) is 0 Å². The summed E-state index contributed by atoms with van der Waals surface area (Å²) in [6.45, 7) is 7.66. The van der Waals surface area contributed by atoms with Gasteiger partial charge in [0.25, 0.3) is 0 Å². The molecule has 2 amide bonds. The zero-order valence-electron chi connectivity index (χ0n) is 13.2. The Hall–Kier alpha value is -0.770. The van der Waals surface area contributed by atoms with Gasteiger partial charge in [-0.2, -0.15) is 0 Å². The predicted molar refractivity (Wildman–Crippen MR) is 82.8 cm³/mol. The number of hydrogen-bond acceptors (Lipinski definition) is 2. The van der Waals surface area contributed by atoms with Gasteiger partial charge in [0, 0.05) is 18.6 Å². The Bertz CT molecular complexity index is 294. The summed E-state index contributed by atoms with van der Waals surface area (Å²) in [6.07, 6.45) is 8.71. The molecule has 20 heavy (non-hydrogen) atoms. The van der Waals surface area contributed by atoms with Crippen LogP contribution in [0.5, 0.6) is 0 Å². The van der Waals surface area contributed by atoms with E-state index in [2.05, 4.69) is 29.4 Å². The molecular weight excluding hydrogens is 250 g/mol. The number of nitrogens with one attached hydrogen (secondary N) is 2. The van der Waals surface area contributed by atoms with Crippen LogP contribution >= 0.6 is 0 Å². The molecule has 0 spiro atoms. The highest BCUT2D eigenvalue weighted by molar-refractivity contribution is 5.74. The van der Waals surface area contributed by atoms with Crippen LogP contribution in [0.1, 0.15) is 58.8 Å². The van der Waals surface area contributed by atoms with Gasteiger partial charge in [-0.1, -0.05) is 26.2 Å². The average Bonchev–Trinajstić information content (AvgIpc) is 2.46. The SMILES string of the molecule is CC1CCN(C(C)CNC(=O)NC2CCCCC2)CC1. The molecule has 2 rings (SSSR count). The van der Waals surface area contributed by atoms with Gasteiger partial charge in [0.1, 0.15) is 0 Å². The molecule has 1 aliphatic heterocycles. The molecule has 0 radical (unpaired) electrons. The van der Waals surface area contributed by atoms with Crippen LogP contribution in [-0.4, -0.2) is 42.6 Å². The van der Waals surface area contributed by atoms with Crippen LogP contribution < -0.4 is 10.6 Å². The summed E-state index contributed by atoms with van der Waals surface area (Å²) in [6, 6.07) is 0.864. The first-order chi connectivity index (χ1) is 9.65. The molecule has 0 aromatic carbocycles. The fourth-order valence-corrected chi connectivity index (χ4v) is 3.32. The topological polar surface area (TPSA) is 44.4 Å². The van der Waals surface area contributed by atoms with E-state index in [0.29, 0.717) is 12.1 Å². The van der Waals surface area contributed by atoms with E-state index in [-0.39, 0.29) is 6.03 Å². The van der Waals surface area contributed by atoms with Crippen molar-refractivity contribution in [2.24, 2.45) is 5.92 Å². The van der Waals surface area contributed by atoms with Crippen LogP contribution in [0.4, 0.5) is 4.79 Å². The van der Waals surface area contributed by atoms with Gasteiger partial charge < -0.3 is 10.6 Å². The lowest BCUT2D eigenvalue weighted by molar-refractivity contribution is 0.145. The zero-order valence-corrected chi connectivity index (χ0v) is 13.2. The van der Waals surface area contributed by atoms with Gasteiger partial charge in [-0.05, 0) is 51.6 Å². The van der Waals surface area contributed by atoms with E-state index in [1.54, 1.807) is 0 Å². The standard InChI is InChI=1S/C16H31N3O/c1-13-8-10-19(11-9-13)14(2)12-17-16(20)18-15-6-4-3-5-7-15/h13-15H,3-12H2,1-2H3,(H2,17,18,20). The van der Waals surface area contributed by atoms with Crippen molar-refractivity contribution < 1.29 is 4.79 Å². The summed E-state index contributed by atoms with van der Waals surface area (Å²) < 4.78 is 0. The third-order valence-corrected chi connectivity index (χ3v) is 4.94. The first-order valence-electron chi connectivity index (χ1n) is 8.43. The number of carbonyl (C=O) groups is 1. The third kappa shape index (κ3) is 4.97. The molecule has 0 bridgehead atoms. The highest BCUT2D eigenvalue weighted by atomic mass is 16.2. The number of likely N-dealkylation sites (tertiary alicyclic amines) is 1. The second kappa shape index (κ2) is 7.87. The van der Waals surface area contributed by atoms with Gasteiger partial charge in [0.15, 0.2) is 0 Å². The number of nitrogens with zero attached hydrogens (tertiary/aromatic N) is 1. The van der Waals surface area contributed by atoms with E-state index in [4.69, 9.17) is 0 Å². The summed E-state index contributed by atoms with van der Waals surface area (Å²) in [5, 5.41) is 6.16. The normalized spacial score (nSPS) is 24.3. The number of carbonyl (C=O) groups excluding carboxylic acids is 1. The Labute approximate surface area is 123 Å². The number of hydrogen-bond donors (Lipinski definition) is 2. The van der Waals surface area contributed by atoms with E-state index >= 15 is 0 Å². The maximum absolute atomic E-state index is 11.9. The molecule has 1 unspecified atom stereocenters.